The molecule has 2 N–H and O–H groups in total. The summed E-state index contributed by atoms with van der Waals surface area (Å²) in [5.41, 5.74) is 5.08. The van der Waals surface area contributed by atoms with Crippen molar-refractivity contribution in [1.82, 2.24) is 19.9 Å². The van der Waals surface area contributed by atoms with Gasteiger partial charge in [-0.25, -0.2) is 15.0 Å². The minimum atomic E-state index is 0.436. The van der Waals surface area contributed by atoms with E-state index in [0.29, 0.717) is 19.8 Å². The Bertz CT molecular complexity index is 985. The largest absolute Gasteiger partial charge is 0.378 e. The van der Waals surface area contributed by atoms with Crippen LogP contribution in [0.2, 0.25) is 0 Å². The zero-order chi connectivity index (χ0) is 19.0. The molecule has 0 saturated heterocycles. The molecule has 0 aliphatic heterocycles. The Hall–Kier alpha value is -3.51. The molecule has 0 aliphatic carbocycles. The topological polar surface area (TPSA) is 75.7 Å². The number of imidazole rings is 1. The number of anilines is 1. The number of hydrogen-bond donors (Lipinski definition) is 2. The average molecular weight is 371 g/mol. The highest BCUT2D eigenvalue weighted by Crippen LogP contribution is 2.24. The van der Waals surface area contributed by atoms with Gasteiger partial charge in [0.1, 0.15) is 12.2 Å². The Balaban J connectivity index is 1.40. The molecule has 28 heavy (non-hydrogen) atoms. The second kappa shape index (κ2) is 8.92. The minimum Gasteiger partial charge on any atom is -0.378 e. The van der Waals surface area contributed by atoms with E-state index in [4.69, 9.17) is 4.74 Å². The SMILES string of the molecule is c1ccc(COCc2ncncc2-c2ccc(NCc3ncc[nH]3)cc2)cc1. The maximum atomic E-state index is 5.86. The number of hydrogen-bond acceptors (Lipinski definition) is 5. The van der Waals surface area contributed by atoms with Crippen molar-refractivity contribution in [2.45, 2.75) is 19.8 Å². The molecule has 2 aromatic heterocycles. The standard InChI is InChI=1S/C22H21N5O/c1-2-4-17(5-3-1)14-28-15-21-20(12-23-16-27-21)18-6-8-19(9-7-18)26-13-22-24-10-11-25-22/h1-12,16,26H,13-15H2,(H,24,25). The van der Waals surface area contributed by atoms with Crippen LogP contribution in [-0.2, 0) is 24.5 Å². The predicted octanol–water partition coefficient (Wildman–Crippen LogP) is 4.20. The molecule has 140 valence electrons. The van der Waals surface area contributed by atoms with Gasteiger partial charge < -0.3 is 15.0 Å². The molecule has 6 heteroatoms. The van der Waals surface area contributed by atoms with Crippen LogP contribution in [0.3, 0.4) is 0 Å². The van der Waals surface area contributed by atoms with E-state index in [0.717, 1.165) is 33.9 Å². The maximum absolute atomic E-state index is 5.86. The van der Waals surface area contributed by atoms with E-state index >= 15 is 0 Å². The zero-order valence-corrected chi connectivity index (χ0v) is 15.4. The van der Waals surface area contributed by atoms with Crippen molar-refractivity contribution in [3.63, 3.8) is 0 Å². The Kier molecular flexibility index (Phi) is 5.70. The summed E-state index contributed by atoms with van der Waals surface area (Å²) in [6, 6.07) is 18.3. The number of H-pyrrole nitrogens is 1. The molecule has 0 unspecified atom stereocenters. The van der Waals surface area contributed by atoms with Crippen LogP contribution >= 0.6 is 0 Å². The molecule has 2 heterocycles. The lowest BCUT2D eigenvalue weighted by molar-refractivity contribution is 0.105. The van der Waals surface area contributed by atoms with Crippen LogP contribution < -0.4 is 5.32 Å². The van der Waals surface area contributed by atoms with E-state index in [2.05, 4.69) is 49.5 Å². The first-order valence-corrected chi connectivity index (χ1v) is 9.11. The van der Waals surface area contributed by atoms with E-state index in [1.165, 1.54) is 0 Å². The van der Waals surface area contributed by atoms with Crippen LogP contribution in [0, 0.1) is 0 Å². The van der Waals surface area contributed by atoms with Crippen molar-refractivity contribution in [2.24, 2.45) is 0 Å². The highest BCUT2D eigenvalue weighted by atomic mass is 16.5. The summed E-state index contributed by atoms with van der Waals surface area (Å²) in [4.78, 5) is 15.9. The maximum Gasteiger partial charge on any atom is 0.125 e. The zero-order valence-electron chi connectivity index (χ0n) is 15.4. The molecular formula is C22H21N5O. The van der Waals surface area contributed by atoms with Gasteiger partial charge in [-0.15, -0.1) is 0 Å². The molecular weight excluding hydrogens is 350 g/mol. The van der Waals surface area contributed by atoms with Crippen molar-refractivity contribution in [2.75, 3.05) is 5.32 Å². The Morgan fingerprint density at radius 1 is 0.929 bits per heavy atom. The first-order valence-electron chi connectivity index (χ1n) is 9.11. The highest BCUT2D eigenvalue weighted by Gasteiger charge is 2.08. The summed E-state index contributed by atoms with van der Waals surface area (Å²) < 4.78 is 5.86. The lowest BCUT2D eigenvalue weighted by Gasteiger charge is -2.10. The Morgan fingerprint density at radius 2 is 1.79 bits per heavy atom. The van der Waals surface area contributed by atoms with Gasteiger partial charge in [0.15, 0.2) is 0 Å². The van der Waals surface area contributed by atoms with Gasteiger partial charge in [-0.1, -0.05) is 42.5 Å². The summed E-state index contributed by atoms with van der Waals surface area (Å²) in [5, 5.41) is 3.34. The molecule has 0 radical (unpaired) electrons. The number of rotatable bonds is 8. The van der Waals surface area contributed by atoms with Crippen LogP contribution in [0.4, 0.5) is 5.69 Å². The molecule has 2 aromatic carbocycles. The second-order valence-corrected chi connectivity index (χ2v) is 6.33. The van der Waals surface area contributed by atoms with Crippen LogP contribution in [0.25, 0.3) is 11.1 Å². The fourth-order valence-corrected chi connectivity index (χ4v) is 2.90. The van der Waals surface area contributed by atoms with Gasteiger partial charge in [0.2, 0.25) is 0 Å². The number of aromatic nitrogens is 4. The fraction of sp³-hybridized carbons (Fsp3) is 0.136. The molecule has 4 rings (SSSR count). The van der Waals surface area contributed by atoms with Gasteiger partial charge in [0.25, 0.3) is 0 Å². The molecule has 0 aliphatic rings. The van der Waals surface area contributed by atoms with E-state index < -0.39 is 0 Å². The van der Waals surface area contributed by atoms with Crippen molar-refractivity contribution >= 4 is 5.69 Å². The van der Waals surface area contributed by atoms with E-state index in [-0.39, 0.29) is 0 Å². The smallest absolute Gasteiger partial charge is 0.125 e. The normalized spacial score (nSPS) is 10.7. The average Bonchev–Trinajstić information content (AvgIpc) is 3.28. The Labute approximate surface area is 163 Å². The second-order valence-electron chi connectivity index (χ2n) is 6.33. The third-order valence-electron chi connectivity index (χ3n) is 4.36. The molecule has 0 bridgehead atoms. The van der Waals surface area contributed by atoms with Crippen LogP contribution in [0.1, 0.15) is 17.1 Å². The van der Waals surface area contributed by atoms with Crippen molar-refractivity contribution in [3.05, 3.63) is 96.6 Å². The number of nitrogens with zero attached hydrogens (tertiary/aromatic N) is 3. The summed E-state index contributed by atoms with van der Waals surface area (Å²) in [7, 11) is 0. The summed E-state index contributed by atoms with van der Waals surface area (Å²) in [6.07, 6.45) is 6.96. The number of aromatic amines is 1. The van der Waals surface area contributed by atoms with Gasteiger partial charge in [-0.3, -0.25) is 0 Å². The third-order valence-corrected chi connectivity index (χ3v) is 4.36. The van der Waals surface area contributed by atoms with Crippen molar-refractivity contribution < 1.29 is 4.74 Å². The lowest BCUT2D eigenvalue weighted by Crippen LogP contribution is -2.01. The summed E-state index contributed by atoms with van der Waals surface area (Å²) in [5.74, 6) is 0.901. The molecule has 0 atom stereocenters. The molecule has 0 spiro atoms. The summed E-state index contributed by atoms with van der Waals surface area (Å²) in [6.45, 7) is 1.64. The van der Waals surface area contributed by atoms with Crippen molar-refractivity contribution in [3.8, 4) is 11.1 Å². The first-order chi connectivity index (χ1) is 13.9. The number of benzene rings is 2. The van der Waals surface area contributed by atoms with Crippen LogP contribution in [-0.4, -0.2) is 19.9 Å². The van der Waals surface area contributed by atoms with Crippen LogP contribution in [0.5, 0.6) is 0 Å². The van der Waals surface area contributed by atoms with E-state index in [1.54, 1.807) is 12.5 Å². The third kappa shape index (κ3) is 4.61. The van der Waals surface area contributed by atoms with Gasteiger partial charge in [-0.2, -0.15) is 0 Å². The quantitative estimate of drug-likeness (QED) is 0.486. The minimum absolute atomic E-state index is 0.436. The fourth-order valence-electron chi connectivity index (χ4n) is 2.90. The number of nitrogens with one attached hydrogen (secondary N) is 2. The van der Waals surface area contributed by atoms with E-state index in [1.807, 2.05) is 42.7 Å². The molecule has 0 amide bonds. The number of ether oxygens (including phenoxy) is 1. The predicted molar refractivity (Wildman–Crippen MR) is 108 cm³/mol. The summed E-state index contributed by atoms with van der Waals surface area (Å²) >= 11 is 0. The lowest BCUT2D eigenvalue weighted by atomic mass is 10.1. The van der Waals surface area contributed by atoms with Crippen LogP contribution in [0.15, 0.2) is 79.5 Å². The van der Waals surface area contributed by atoms with Crippen molar-refractivity contribution in [1.29, 1.82) is 0 Å². The van der Waals surface area contributed by atoms with Gasteiger partial charge in [0.05, 0.1) is 25.5 Å². The molecule has 0 saturated carbocycles. The highest BCUT2D eigenvalue weighted by molar-refractivity contribution is 5.67. The van der Waals surface area contributed by atoms with Gasteiger partial charge in [0, 0.05) is 29.8 Å². The molecule has 4 aromatic rings. The van der Waals surface area contributed by atoms with Gasteiger partial charge in [-0.05, 0) is 23.3 Å². The Morgan fingerprint density at radius 3 is 2.57 bits per heavy atom. The van der Waals surface area contributed by atoms with Gasteiger partial charge >= 0.3 is 0 Å². The first kappa shape index (κ1) is 17.9. The molecule has 0 fully saturated rings. The molecule has 6 nitrogen and oxygen atoms in total. The monoisotopic (exact) mass is 371 g/mol. The van der Waals surface area contributed by atoms with E-state index in [9.17, 15) is 0 Å².